The Labute approximate surface area is 243 Å². The van der Waals surface area contributed by atoms with E-state index in [0.29, 0.717) is 32.2 Å². The number of carbonyl (C=O) groups is 3. The molecule has 2 aromatic carbocycles. The predicted octanol–water partition coefficient (Wildman–Crippen LogP) is 4.43. The average Bonchev–Trinajstić information content (AvgIpc) is 3.02. The van der Waals surface area contributed by atoms with Gasteiger partial charge in [-0.3, -0.25) is 9.59 Å². The zero-order valence-electron chi connectivity index (χ0n) is 24.1. The number of rotatable bonds is 10. The first-order valence-electron chi connectivity index (χ1n) is 15.4. The van der Waals surface area contributed by atoms with E-state index in [-0.39, 0.29) is 24.5 Å². The van der Waals surface area contributed by atoms with Gasteiger partial charge in [0, 0.05) is 32.2 Å². The van der Waals surface area contributed by atoms with Crippen LogP contribution in [-0.4, -0.2) is 71.5 Å². The highest BCUT2D eigenvalue weighted by Gasteiger charge is 2.55. The van der Waals surface area contributed by atoms with Gasteiger partial charge in [0.15, 0.2) is 0 Å². The molecule has 1 saturated carbocycles. The first kappa shape index (κ1) is 29.1. The van der Waals surface area contributed by atoms with Gasteiger partial charge >= 0.3 is 6.09 Å². The number of nitrogens with zero attached hydrogens (tertiary/aromatic N) is 2. The molecule has 2 aliphatic heterocycles. The summed E-state index contributed by atoms with van der Waals surface area (Å²) in [6, 6.07) is 19.6. The van der Waals surface area contributed by atoms with Gasteiger partial charge in [-0.2, -0.15) is 0 Å². The van der Waals surface area contributed by atoms with Crippen LogP contribution in [0.3, 0.4) is 0 Å². The number of likely N-dealkylation sites (tertiary alicyclic amines) is 1. The second-order valence-electron chi connectivity index (χ2n) is 11.8. The molecule has 2 aromatic rings. The highest BCUT2D eigenvalue weighted by molar-refractivity contribution is 6.00. The van der Waals surface area contributed by atoms with Gasteiger partial charge in [0.25, 0.3) is 0 Å². The molecule has 3 aliphatic rings. The molecule has 1 aliphatic carbocycles. The number of nitrogens with one attached hydrogen (secondary N) is 2. The maximum absolute atomic E-state index is 14.0. The van der Waals surface area contributed by atoms with Gasteiger partial charge in [-0.25, -0.2) is 4.79 Å². The molecule has 1 atom stereocenters. The zero-order valence-corrected chi connectivity index (χ0v) is 24.1. The lowest BCUT2D eigenvalue weighted by molar-refractivity contribution is -0.166. The van der Waals surface area contributed by atoms with Gasteiger partial charge in [0.1, 0.15) is 18.2 Å². The number of ether oxygens (including phenoxy) is 1. The molecule has 2 heterocycles. The number of carbonyl (C=O) groups excluding carboxylic acids is 3. The van der Waals surface area contributed by atoms with Crippen molar-refractivity contribution in [1.82, 2.24) is 20.4 Å². The smallest absolute Gasteiger partial charge is 0.407 e. The molecular weight excluding hydrogens is 516 g/mol. The summed E-state index contributed by atoms with van der Waals surface area (Å²) in [7, 11) is 0. The Hall–Kier alpha value is -3.39. The Morgan fingerprint density at radius 2 is 1.59 bits per heavy atom. The maximum Gasteiger partial charge on any atom is 0.407 e. The summed E-state index contributed by atoms with van der Waals surface area (Å²) >= 11 is 0. The van der Waals surface area contributed by atoms with Crippen LogP contribution in [0.2, 0.25) is 0 Å². The summed E-state index contributed by atoms with van der Waals surface area (Å²) in [6.45, 7) is 3.19. The van der Waals surface area contributed by atoms with Crippen molar-refractivity contribution in [3.63, 3.8) is 0 Å². The van der Waals surface area contributed by atoms with Crippen molar-refractivity contribution in [2.75, 3.05) is 26.2 Å². The Morgan fingerprint density at radius 1 is 0.927 bits per heavy atom. The van der Waals surface area contributed by atoms with Crippen molar-refractivity contribution in [2.24, 2.45) is 0 Å². The van der Waals surface area contributed by atoms with Crippen molar-refractivity contribution in [3.05, 3.63) is 71.8 Å². The second kappa shape index (κ2) is 14.0. The van der Waals surface area contributed by atoms with Crippen molar-refractivity contribution < 1.29 is 19.1 Å². The highest BCUT2D eigenvalue weighted by Crippen LogP contribution is 2.38. The molecule has 0 bridgehead atoms. The lowest BCUT2D eigenvalue weighted by Crippen LogP contribution is -2.74. The van der Waals surface area contributed by atoms with Crippen LogP contribution in [0.4, 0.5) is 4.79 Å². The van der Waals surface area contributed by atoms with Gasteiger partial charge in [0.2, 0.25) is 11.8 Å². The van der Waals surface area contributed by atoms with E-state index in [2.05, 4.69) is 39.8 Å². The lowest BCUT2D eigenvalue weighted by atomic mass is 9.78. The van der Waals surface area contributed by atoms with Crippen molar-refractivity contribution in [2.45, 2.75) is 88.4 Å². The summed E-state index contributed by atoms with van der Waals surface area (Å²) in [5, 5.41) is 5.88. The van der Waals surface area contributed by atoms with E-state index in [1.54, 1.807) is 0 Å². The minimum Gasteiger partial charge on any atom is -0.445 e. The van der Waals surface area contributed by atoms with Gasteiger partial charge < -0.3 is 25.2 Å². The summed E-state index contributed by atoms with van der Waals surface area (Å²) < 4.78 is 5.28. The Bertz CT molecular complexity index is 1140. The number of piperidine rings is 1. The average molecular weight is 561 g/mol. The lowest BCUT2D eigenvalue weighted by Gasteiger charge is -2.55. The van der Waals surface area contributed by atoms with E-state index in [9.17, 15) is 14.4 Å². The van der Waals surface area contributed by atoms with E-state index >= 15 is 0 Å². The summed E-state index contributed by atoms with van der Waals surface area (Å²) in [5.74, 6) is 0.0616. The molecule has 5 rings (SSSR count). The van der Waals surface area contributed by atoms with Crippen molar-refractivity contribution in [3.8, 4) is 0 Å². The number of piperazine rings is 1. The number of alkyl carbamates (subject to hydrolysis) is 1. The first-order valence-corrected chi connectivity index (χ1v) is 15.4. The first-order chi connectivity index (χ1) is 20.0. The second-order valence-corrected chi connectivity index (χ2v) is 11.8. The highest BCUT2D eigenvalue weighted by atomic mass is 16.5. The van der Waals surface area contributed by atoms with Crippen LogP contribution in [-0.2, 0) is 27.4 Å². The molecule has 3 fully saturated rings. The predicted molar refractivity (Wildman–Crippen MR) is 158 cm³/mol. The molecule has 220 valence electrons. The molecule has 2 saturated heterocycles. The van der Waals surface area contributed by atoms with Crippen LogP contribution in [0.15, 0.2) is 60.7 Å². The number of amides is 3. The van der Waals surface area contributed by atoms with Crippen LogP contribution >= 0.6 is 0 Å². The number of hydrogen-bond acceptors (Lipinski definition) is 5. The molecular formula is C33H44N4O4. The van der Waals surface area contributed by atoms with Crippen LogP contribution in [0.1, 0.15) is 68.9 Å². The fraction of sp³-hybridized carbons (Fsp3) is 0.545. The van der Waals surface area contributed by atoms with Crippen LogP contribution < -0.4 is 10.6 Å². The number of benzene rings is 2. The van der Waals surface area contributed by atoms with Crippen LogP contribution in [0.25, 0.3) is 0 Å². The summed E-state index contributed by atoms with van der Waals surface area (Å²) in [6.07, 6.45) is 8.29. The molecule has 0 unspecified atom stereocenters. The topological polar surface area (TPSA) is 91.0 Å². The monoisotopic (exact) mass is 560 g/mol. The van der Waals surface area contributed by atoms with E-state index in [4.69, 9.17) is 4.74 Å². The van der Waals surface area contributed by atoms with E-state index in [0.717, 1.165) is 57.3 Å². The van der Waals surface area contributed by atoms with Crippen molar-refractivity contribution in [1.29, 1.82) is 0 Å². The SMILES string of the molecule is O=C(NCCC[C@@H]1NC(=O)C2(CCN(CCc3ccccc3)CC2)N(C2CCCCC2)C1=O)OCc1ccccc1. The Balaban J connectivity index is 1.15. The van der Waals surface area contributed by atoms with Gasteiger partial charge in [0.05, 0.1) is 0 Å². The standard InChI is InChI=1S/C33H44N4O4/c38-30-29(17-10-21-34-32(40)41-25-27-13-6-2-7-14-27)35-31(39)33(37(30)28-15-8-3-9-16-28)19-23-36(24-20-33)22-18-26-11-4-1-5-12-26/h1-2,4-7,11-14,28-29H,3,8-10,15-25H2,(H,34,40)(H,35,39)/t29-/m0/s1. The van der Waals surface area contributed by atoms with Gasteiger partial charge in [-0.05, 0) is 56.1 Å². The van der Waals surface area contributed by atoms with Gasteiger partial charge in [-0.1, -0.05) is 79.9 Å². The molecule has 8 heteroatoms. The molecule has 0 radical (unpaired) electrons. The summed E-state index contributed by atoms with van der Waals surface area (Å²) in [4.78, 5) is 44.4. The third-order valence-corrected chi connectivity index (χ3v) is 9.06. The van der Waals surface area contributed by atoms with Gasteiger partial charge in [-0.15, -0.1) is 0 Å². The normalized spacial score (nSPS) is 21.5. The van der Waals surface area contributed by atoms with Crippen molar-refractivity contribution >= 4 is 17.9 Å². The van der Waals surface area contributed by atoms with E-state index in [1.807, 2.05) is 41.3 Å². The fourth-order valence-electron chi connectivity index (χ4n) is 6.72. The Kier molecular flexibility index (Phi) is 9.93. The molecule has 0 aromatic heterocycles. The van der Waals surface area contributed by atoms with E-state index < -0.39 is 17.7 Å². The minimum atomic E-state index is -0.752. The van der Waals surface area contributed by atoms with Crippen LogP contribution in [0.5, 0.6) is 0 Å². The molecule has 8 nitrogen and oxygen atoms in total. The third kappa shape index (κ3) is 7.28. The molecule has 2 N–H and O–H groups in total. The molecule has 1 spiro atoms. The van der Waals surface area contributed by atoms with E-state index in [1.165, 1.54) is 12.0 Å². The third-order valence-electron chi connectivity index (χ3n) is 9.06. The maximum atomic E-state index is 14.0. The molecule has 3 amide bonds. The number of hydrogen-bond donors (Lipinski definition) is 2. The quantitative estimate of drug-likeness (QED) is 0.420. The van der Waals surface area contributed by atoms with Crippen LogP contribution in [0, 0.1) is 0 Å². The Morgan fingerprint density at radius 3 is 2.27 bits per heavy atom. The minimum absolute atomic E-state index is 0.00520. The zero-order chi connectivity index (χ0) is 28.5. The largest absolute Gasteiger partial charge is 0.445 e. The fourth-order valence-corrected chi connectivity index (χ4v) is 6.72. The molecule has 41 heavy (non-hydrogen) atoms. The summed E-state index contributed by atoms with van der Waals surface area (Å²) in [5.41, 5.74) is 1.50.